The zero-order chi connectivity index (χ0) is 26.5. The Balaban J connectivity index is 1.64. The molecule has 2 N–H and O–H groups in total. The van der Waals surface area contributed by atoms with Gasteiger partial charge in [0.15, 0.2) is 5.69 Å². The van der Waals surface area contributed by atoms with Crippen LogP contribution in [0.4, 0.5) is 5.69 Å². The summed E-state index contributed by atoms with van der Waals surface area (Å²) in [7, 11) is -4.11. The van der Waals surface area contributed by atoms with Crippen molar-refractivity contribution in [2.24, 2.45) is 0 Å². The lowest BCUT2D eigenvalue weighted by Gasteiger charge is -2.15. The van der Waals surface area contributed by atoms with Gasteiger partial charge in [0.2, 0.25) is 15.9 Å². The van der Waals surface area contributed by atoms with Gasteiger partial charge in [-0.1, -0.05) is 12.1 Å². The van der Waals surface area contributed by atoms with Crippen LogP contribution in [0, 0.1) is 30.9 Å². The summed E-state index contributed by atoms with van der Waals surface area (Å²) in [5, 5.41) is 18.9. The molecule has 194 valence electrons. The van der Waals surface area contributed by atoms with Gasteiger partial charge in [0.05, 0.1) is 10.6 Å². The van der Waals surface area contributed by atoms with Gasteiger partial charge in [-0.05, 0) is 69.7 Å². The van der Waals surface area contributed by atoms with Crippen LogP contribution in [0.1, 0.15) is 52.9 Å². The van der Waals surface area contributed by atoms with Crippen LogP contribution in [0.3, 0.4) is 0 Å². The second-order valence-electron chi connectivity index (χ2n) is 9.54. The molecule has 5 rings (SSSR count). The number of non-ortho nitro benzene ring substituents is 1. The molecule has 0 aliphatic heterocycles. The summed E-state index contributed by atoms with van der Waals surface area (Å²) in [6.45, 7) is 5.53. The number of aromatic nitrogens is 2. The molecule has 0 spiro atoms. The second kappa shape index (κ2) is 9.27. The van der Waals surface area contributed by atoms with E-state index in [1.807, 2.05) is 32.0 Å². The number of aryl methyl sites for hydroxylation is 1. The fourth-order valence-electron chi connectivity index (χ4n) is 3.92. The standard InChI is InChI=1S/C25H27N5O6S/c1-14-5-4-6-20(15(14)2)29-25(16(3)23(27-29)24(31)26-17-7-8-17)36-21-12-11-19(30(32)33)13-22(21)37(34,35)28-18-9-10-18/h4-6,11-13,17-18,28H,7-10H2,1-3H3,(H,26,31). The number of nitrogens with one attached hydrogen (secondary N) is 2. The van der Waals surface area contributed by atoms with E-state index >= 15 is 0 Å². The average molecular weight is 526 g/mol. The lowest BCUT2D eigenvalue weighted by Crippen LogP contribution is -2.26. The molecule has 0 atom stereocenters. The monoisotopic (exact) mass is 525 g/mol. The third kappa shape index (κ3) is 5.07. The van der Waals surface area contributed by atoms with E-state index in [4.69, 9.17) is 4.74 Å². The van der Waals surface area contributed by atoms with Crippen LogP contribution in [-0.4, -0.2) is 41.1 Å². The highest BCUT2D eigenvalue weighted by atomic mass is 32.2. The molecule has 11 nitrogen and oxygen atoms in total. The molecular formula is C25H27N5O6S. The van der Waals surface area contributed by atoms with Gasteiger partial charge < -0.3 is 10.1 Å². The van der Waals surface area contributed by atoms with Crippen molar-refractivity contribution in [2.75, 3.05) is 0 Å². The summed E-state index contributed by atoms with van der Waals surface area (Å²) < 4.78 is 36.5. The van der Waals surface area contributed by atoms with E-state index in [-0.39, 0.29) is 45.9 Å². The first-order chi connectivity index (χ1) is 17.5. The number of carbonyl (C=O) groups excluding carboxylic acids is 1. The minimum atomic E-state index is -4.11. The molecule has 0 bridgehead atoms. The maximum absolute atomic E-state index is 13.1. The van der Waals surface area contributed by atoms with E-state index in [2.05, 4.69) is 15.1 Å². The number of carbonyl (C=O) groups is 1. The molecule has 2 aliphatic rings. The van der Waals surface area contributed by atoms with Crippen LogP contribution < -0.4 is 14.8 Å². The van der Waals surface area contributed by atoms with Gasteiger partial charge in [-0.2, -0.15) is 9.78 Å². The van der Waals surface area contributed by atoms with Crippen molar-refractivity contribution in [3.8, 4) is 17.3 Å². The zero-order valence-corrected chi connectivity index (χ0v) is 21.5. The maximum atomic E-state index is 13.1. The number of hydrogen-bond acceptors (Lipinski definition) is 7. The van der Waals surface area contributed by atoms with Crippen LogP contribution in [0.2, 0.25) is 0 Å². The number of amides is 1. The molecule has 1 heterocycles. The molecule has 2 aromatic carbocycles. The zero-order valence-electron chi connectivity index (χ0n) is 20.6. The van der Waals surface area contributed by atoms with Crippen molar-refractivity contribution in [1.29, 1.82) is 0 Å². The molecule has 0 saturated heterocycles. The molecule has 2 fully saturated rings. The lowest BCUT2D eigenvalue weighted by atomic mass is 10.1. The van der Waals surface area contributed by atoms with Gasteiger partial charge in [0.25, 0.3) is 11.6 Å². The molecule has 1 amide bonds. The van der Waals surface area contributed by atoms with E-state index in [0.29, 0.717) is 24.1 Å². The highest BCUT2D eigenvalue weighted by Crippen LogP contribution is 2.37. The van der Waals surface area contributed by atoms with Crippen molar-refractivity contribution in [3.63, 3.8) is 0 Å². The summed E-state index contributed by atoms with van der Waals surface area (Å²) in [4.78, 5) is 23.4. The molecule has 3 aromatic rings. The van der Waals surface area contributed by atoms with Gasteiger partial charge >= 0.3 is 0 Å². The minimum absolute atomic E-state index is 0.109. The van der Waals surface area contributed by atoms with Gasteiger partial charge in [0.1, 0.15) is 10.6 Å². The van der Waals surface area contributed by atoms with E-state index in [0.717, 1.165) is 30.0 Å². The predicted molar refractivity (Wildman–Crippen MR) is 135 cm³/mol. The molecule has 12 heteroatoms. The summed E-state index contributed by atoms with van der Waals surface area (Å²) in [5.74, 6) is -0.310. The van der Waals surface area contributed by atoms with Crippen molar-refractivity contribution < 1.29 is 22.9 Å². The molecule has 37 heavy (non-hydrogen) atoms. The number of rotatable bonds is 9. The van der Waals surface area contributed by atoms with Crippen LogP contribution in [0.25, 0.3) is 5.69 Å². The number of ether oxygens (including phenoxy) is 1. The lowest BCUT2D eigenvalue weighted by molar-refractivity contribution is -0.385. The largest absolute Gasteiger partial charge is 0.437 e. The number of benzene rings is 2. The molecule has 0 unspecified atom stereocenters. The average Bonchev–Trinajstić information content (AvgIpc) is 3.78. The number of hydrogen-bond donors (Lipinski definition) is 2. The van der Waals surface area contributed by atoms with Crippen LogP contribution in [-0.2, 0) is 10.0 Å². The number of nitro benzene ring substituents is 1. The Labute approximate surface area is 214 Å². The molecule has 2 saturated carbocycles. The summed E-state index contributed by atoms with van der Waals surface area (Å²) in [6.07, 6.45) is 3.21. The van der Waals surface area contributed by atoms with E-state index in [1.165, 1.54) is 16.8 Å². The van der Waals surface area contributed by atoms with E-state index in [1.54, 1.807) is 6.92 Å². The van der Waals surface area contributed by atoms with Crippen molar-refractivity contribution in [2.45, 2.75) is 63.4 Å². The fraction of sp³-hybridized carbons (Fsp3) is 0.360. The highest BCUT2D eigenvalue weighted by Gasteiger charge is 2.33. The summed E-state index contributed by atoms with van der Waals surface area (Å²) in [6, 6.07) is 8.94. The maximum Gasteiger partial charge on any atom is 0.272 e. The third-order valence-corrected chi connectivity index (χ3v) is 8.08. The predicted octanol–water partition coefficient (Wildman–Crippen LogP) is 3.83. The first kappa shape index (κ1) is 24.9. The van der Waals surface area contributed by atoms with Gasteiger partial charge in [-0.25, -0.2) is 13.1 Å². The smallest absolute Gasteiger partial charge is 0.272 e. The van der Waals surface area contributed by atoms with Crippen LogP contribution >= 0.6 is 0 Å². The third-order valence-electron chi connectivity index (χ3n) is 6.53. The van der Waals surface area contributed by atoms with E-state index in [9.17, 15) is 23.3 Å². The topological polar surface area (TPSA) is 145 Å². The Kier molecular flexibility index (Phi) is 6.24. The van der Waals surface area contributed by atoms with Crippen molar-refractivity contribution in [3.05, 3.63) is 68.9 Å². The van der Waals surface area contributed by atoms with Crippen LogP contribution in [0.15, 0.2) is 41.3 Å². The summed E-state index contributed by atoms with van der Waals surface area (Å²) >= 11 is 0. The molecule has 2 aliphatic carbocycles. The Morgan fingerprint density at radius 2 is 1.78 bits per heavy atom. The normalized spacial score (nSPS) is 15.4. The van der Waals surface area contributed by atoms with Gasteiger partial charge in [-0.3, -0.25) is 14.9 Å². The first-order valence-electron chi connectivity index (χ1n) is 12.0. The van der Waals surface area contributed by atoms with Gasteiger partial charge in [0, 0.05) is 29.8 Å². The summed E-state index contributed by atoms with van der Waals surface area (Å²) in [5.41, 5.74) is 2.74. The van der Waals surface area contributed by atoms with Gasteiger partial charge in [-0.15, -0.1) is 0 Å². The fourth-order valence-corrected chi connectivity index (χ4v) is 5.37. The molecule has 1 aromatic heterocycles. The number of nitrogens with zero attached hydrogens (tertiary/aromatic N) is 3. The van der Waals surface area contributed by atoms with Crippen molar-refractivity contribution in [1.82, 2.24) is 19.8 Å². The molecular weight excluding hydrogens is 498 g/mol. The molecule has 0 radical (unpaired) electrons. The Hall–Kier alpha value is -3.77. The Morgan fingerprint density at radius 1 is 1.08 bits per heavy atom. The quantitative estimate of drug-likeness (QED) is 0.319. The van der Waals surface area contributed by atoms with E-state index < -0.39 is 14.9 Å². The number of sulfonamides is 1. The first-order valence-corrected chi connectivity index (χ1v) is 13.5. The van der Waals surface area contributed by atoms with Crippen molar-refractivity contribution >= 4 is 21.6 Å². The Morgan fingerprint density at radius 3 is 2.43 bits per heavy atom. The highest BCUT2D eigenvalue weighted by molar-refractivity contribution is 7.89. The SMILES string of the molecule is Cc1cccc(-n2nc(C(=O)NC3CC3)c(C)c2Oc2ccc([N+](=O)[O-])cc2S(=O)(=O)NC2CC2)c1C. The Bertz CT molecular complexity index is 1520. The second-order valence-corrected chi connectivity index (χ2v) is 11.2. The van der Waals surface area contributed by atoms with Crippen LogP contribution in [0.5, 0.6) is 11.6 Å². The number of nitro groups is 1. The minimum Gasteiger partial charge on any atom is -0.437 e.